The van der Waals surface area contributed by atoms with E-state index < -0.39 is 28.0 Å². The lowest BCUT2D eigenvalue weighted by Crippen LogP contribution is -2.40. The molecule has 0 aliphatic heterocycles. The van der Waals surface area contributed by atoms with Gasteiger partial charge in [-0.3, -0.25) is 4.79 Å². The third kappa shape index (κ3) is 3.40. The summed E-state index contributed by atoms with van der Waals surface area (Å²) < 4.78 is 30.1. The van der Waals surface area contributed by atoms with Crippen LogP contribution in [0.1, 0.15) is 22.8 Å². The molecule has 8 heteroatoms. The predicted molar refractivity (Wildman–Crippen MR) is 74.6 cm³/mol. The van der Waals surface area contributed by atoms with Crippen molar-refractivity contribution < 1.29 is 27.9 Å². The molecule has 1 aromatic carbocycles. The number of hydrogen-bond acceptors (Lipinski definition) is 5. The van der Waals surface area contributed by atoms with Crippen LogP contribution in [0.25, 0.3) is 0 Å². The highest BCUT2D eigenvalue weighted by molar-refractivity contribution is 7.89. The van der Waals surface area contributed by atoms with E-state index >= 15 is 0 Å². The number of rotatable bonds is 5. The number of benzene rings is 1. The minimum atomic E-state index is -3.96. The summed E-state index contributed by atoms with van der Waals surface area (Å²) in [5.41, 5.74) is 0.560. The van der Waals surface area contributed by atoms with Crippen molar-refractivity contribution in [1.82, 2.24) is 4.31 Å². The van der Waals surface area contributed by atoms with Gasteiger partial charge in [-0.2, -0.15) is 4.31 Å². The van der Waals surface area contributed by atoms with Gasteiger partial charge in [-0.25, -0.2) is 13.2 Å². The molecule has 1 N–H and O–H groups in total. The van der Waals surface area contributed by atoms with Crippen LogP contribution in [-0.2, 0) is 19.6 Å². The number of nitrogens with zero attached hydrogens (tertiary/aromatic N) is 1. The van der Waals surface area contributed by atoms with E-state index in [0.29, 0.717) is 5.56 Å². The smallest absolute Gasteiger partial charge is 0.337 e. The summed E-state index contributed by atoms with van der Waals surface area (Å²) in [4.78, 5) is 22.3. The Bertz CT molecular complexity index is 667. The highest BCUT2D eigenvalue weighted by Crippen LogP contribution is 2.22. The summed E-state index contributed by atoms with van der Waals surface area (Å²) in [6.07, 6.45) is 0. The first kappa shape index (κ1) is 17.1. The number of likely N-dealkylation sites (N-methyl/N-ethyl adjacent to an activating group) is 1. The fourth-order valence-corrected chi connectivity index (χ4v) is 3.23. The van der Waals surface area contributed by atoms with Gasteiger partial charge in [-0.05, 0) is 37.6 Å². The second-order valence-electron chi connectivity index (χ2n) is 4.51. The minimum absolute atomic E-state index is 0.0502. The van der Waals surface area contributed by atoms with E-state index in [9.17, 15) is 18.0 Å². The maximum absolute atomic E-state index is 12.4. The van der Waals surface area contributed by atoms with E-state index in [1.54, 1.807) is 0 Å². The number of sulfonamides is 1. The molecule has 1 aromatic rings. The molecule has 7 nitrogen and oxygen atoms in total. The standard InChI is InChI=1S/C13H17NO6S/c1-8-7-10(13(17)20-4)5-6-11(8)21(18,19)14(3)9(2)12(15)16/h5-7,9H,1-4H3,(H,15,16). The molecule has 1 rings (SSSR count). The van der Waals surface area contributed by atoms with Crippen molar-refractivity contribution in [2.75, 3.05) is 14.2 Å². The zero-order valence-corrected chi connectivity index (χ0v) is 13.0. The second-order valence-corrected chi connectivity index (χ2v) is 6.47. The molecule has 0 spiro atoms. The van der Waals surface area contributed by atoms with Gasteiger partial charge in [0.25, 0.3) is 0 Å². The van der Waals surface area contributed by atoms with Gasteiger partial charge >= 0.3 is 11.9 Å². The quantitative estimate of drug-likeness (QED) is 0.809. The number of carbonyl (C=O) groups excluding carboxylic acids is 1. The number of aliphatic carboxylic acids is 1. The Balaban J connectivity index is 3.27. The van der Waals surface area contributed by atoms with Gasteiger partial charge in [0, 0.05) is 7.05 Å². The molecule has 1 atom stereocenters. The van der Waals surface area contributed by atoms with Crippen LogP contribution in [0, 0.1) is 6.92 Å². The summed E-state index contributed by atoms with van der Waals surface area (Å²) in [7, 11) is -1.54. The lowest BCUT2D eigenvalue weighted by molar-refractivity contribution is -0.140. The first-order valence-corrected chi connectivity index (χ1v) is 7.46. The van der Waals surface area contributed by atoms with Crippen LogP contribution >= 0.6 is 0 Å². The van der Waals surface area contributed by atoms with Gasteiger partial charge in [0.05, 0.1) is 17.6 Å². The van der Waals surface area contributed by atoms with Crippen LogP contribution in [0.2, 0.25) is 0 Å². The molecule has 0 saturated carbocycles. The molecule has 0 fully saturated rings. The van der Waals surface area contributed by atoms with Crippen LogP contribution in [0.5, 0.6) is 0 Å². The number of hydrogen-bond donors (Lipinski definition) is 1. The lowest BCUT2D eigenvalue weighted by Gasteiger charge is -2.22. The predicted octanol–water partition coefficient (Wildman–Crippen LogP) is 0.875. The molecule has 0 aliphatic rings. The summed E-state index contributed by atoms with van der Waals surface area (Å²) in [5, 5.41) is 8.91. The number of methoxy groups -OCH3 is 1. The van der Waals surface area contributed by atoms with Crippen LogP contribution < -0.4 is 0 Å². The van der Waals surface area contributed by atoms with E-state index in [1.165, 1.54) is 46.2 Å². The molecule has 0 bridgehead atoms. The fourth-order valence-electron chi connectivity index (χ4n) is 1.70. The zero-order valence-electron chi connectivity index (χ0n) is 12.2. The summed E-state index contributed by atoms with van der Waals surface area (Å²) in [6, 6.07) is 2.78. The Hall–Kier alpha value is -1.93. The molecule has 0 saturated heterocycles. The van der Waals surface area contributed by atoms with Crippen molar-refractivity contribution in [3.8, 4) is 0 Å². The van der Waals surface area contributed by atoms with Crippen LogP contribution in [0.15, 0.2) is 23.1 Å². The molecular formula is C13H17NO6S. The maximum Gasteiger partial charge on any atom is 0.337 e. The van der Waals surface area contributed by atoms with E-state index in [0.717, 1.165) is 4.31 Å². The number of esters is 1. The molecule has 0 radical (unpaired) electrons. The first-order chi connectivity index (χ1) is 9.62. The summed E-state index contributed by atoms with van der Waals surface area (Å²) >= 11 is 0. The van der Waals surface area contributed by atoms with Gasteiger partial charge in [0.15, 0.2) is 0 Å². The second kappa shape index (κ2) is 6.23. The van der Waals surface area contributed by atoms with Gasteiger partial charge in [0.2, 0.25) is 10.0 Å². The van der Waals surface area contributed by atoms with E-state index in [1.807, 2.05) is 0 Å². The first-order valence-electron chi connectivity index (χ1n) is 6.02. The molecular weight excluding hydrogens is 298 g/mol. The number of carboxylic acids is 1. The topological polar surface area (TPSA) is 101 Å². The van der Waals surface area contributed by atoms with E-state index in [2.05, 4.69) is 4.74 Å². The largest absolute Gasteiger partial charge is 0.480 e. The molecule has 0 aromatic heterocycles. The Morgan fingerprint density at radius 3 is 2.33 bits per heavy atom. The monoisotopic (exact) mass is 315 g/mol. The molecule has 1 unspecified atom stereocenters. The van der Waals surface area contributed by atoms with Crippen LogP contribution in [0.4, 0.5) is 0 Å². The molecule has 0 amide bonds. The van der Waals surface area contributed by atoms with Gasteiger partial charge in [-0.15, -0.1) is 0 Å². The summed E-state index contributed by atoms with van der Waals surface area (Å²) in [5.74, 6) is -1.82. The Morgan fingerprint density at radius 2 is 1.90 bits per heavy atom. The minimum Gasteiger partial charge on any atom is -0.480 e. The average Bonchev–Trinajstić information content (AvgIpc) is 2.43. The van der Waals surface area contributed by atoms with Gasteiger partial charge in [-0.1, -0.05) is 0 Å². The third-order valence-electron chi connectivity index (χ3n) is 3.16. The van der Waals surface area contributed by atoms with Crippen molar-refractivity contribution in [3.05, 3.63) is 29.3 Å². The SMILES string of the molecule is COC(=O)c1ccc(S(=O)(=O)N(C)C(C)C(=O)O)c(C)c1. The Morgan fingerprint density at radius 1 is 1.33 bits per heavy atom. The Kier molecular flexibility index (Phi) is 5.08. The van der Waals surface area contributed by atoms with Gasteiger partial charge in [0.1, 0.15) is 6.04 Å². The van der Waals surface area contributed by atoms with Crippen molar-refractivity contribution in [2.45, 2.75) is 24.8 Å². The number of carboxylic acid groups (broad SMARTS) is 1. The molecule has 0 aliphatic carbocycles. The van der Waals surface area contributed by atoms with Crippen molar-refractivity contribution in [2.24, 2.45) is 0 Å². The molecule has 21 heavy (non-hydrogen) atoms. The van der Waals surface area contributed by atoms with E-state index in [-0.39, 0.29) is 10.5 Å². The molecule has 0 heterocycles. The third-order valence-corrected chi connectivity index (χ3v) is 5.24. The zero-order chi connectivity index (χ0) is 16.4. The fraction of sp³-hybridized carbons (Fsp3) is 0.385. The lowest BCUT2D eigenvalue weighted by atomic mass is 10.1. The Labute approximate surface area is 123 Å². The van der Waals surface area contributed by atoms with Gasteiger partial charge < -0.3 is 9.84 Å². The van der Waals surface area contributed by atoms with Crippen molar-refractivity contribution >= 4 is 22.0 Å². The van der Waals surface area contributed by atoms with E-state index in [4.69, 9.17) is 5.11 Å². The normalized spacial score (nSPS) is 13.0. The number of carbonyl (C=O) groups is 2. The van der Waals surface area contributed by atoms with Crippen LogP contribution in [0.3, 0.4) is 0 Å². The summed E-state index contributed by atoms with van der Waals surface area (Å²) in [6.45, 7) is 2.80. The molecule has 116 valence electrons. The highest BCUT2D eigenvalue weighted by atomic mass is 32.2. The highest BCUT2D eigenvalue weighted by Gasteiger charge is 2.30. The average molecular weight is 315 g/mol. The van der Waals surface area contributed by atoms with Crippen molar-refractivity contribution in [3.63, 3.8) is 0 Å². The maximum atomic E-state index is 12.4. The van der Waals surface area contributed by atoms with Crippen LogP contribution in [-0.4, -0.2) is 50.0 Å². The number of ether oxygens (including phenoxy) is 1. The number of aryl methyl sites for hydroxylation is 1. The van der Waals surface area contributed by atoms with Crippen molar-refractivity contribution in [1.29, 1.82) is 0 Å².